The van der Waals surface area contributed by atoms with Gasteiger partial charge in [0.2, 0.25) is 0 Å². The number of hydrogen-bond acceptors (Lipinski definition) is 2. The van der Waals surface area contributed by atoms with Crippen molar-refractivity contribution in [2.24, 2.45) is 5.92 Å². The van der Waals surface area contributed by atoms with Crippen molar-refractivity contribution in [2.75, 3.05) is 6.61 Å². The molecule has 0 spiro atoms. The van der Waals surface area contributed by atoms with Gasteiger partial charge >= 0.3 is 5.97 Å². The van der Waals surface area contributed by atoms with Crippen LogP contribution in [0.4, 0.5) is 0 Å². The van der Waals surface area contributed by atoms with Crippen LogP contribution in [-0.2, 0) is 9.53 Å². The maximum Gasteiger partial charge on any atom is 0.312 e. The maximum atomic E-state index is 13.5. The van der Waals surface area contributed by atoms with E-state index in [4.69, 9.17) is 4.74 Å². The first-order valence-electron chi connectivity index (χ1n) is 11.4. The third kappa shape index (κ3) is 2.93. The topological polar surface area (TPSA) is 47.0 Å². The van der Waals surface area contributed by atoms with Crippen LogP contribution in [0.1, 0.15) is 54.7 Å². The highest BCUT2D eigenvalue weighted by Gasteiger charge is 2.49. The highest BCUT2D eigenvalue weighted by Crippen LogP contribution is 2.53. The van der Waals surface area contributed by atoms with E-state index in [-0.39, 0.29) is 23.8 Å². The number of aromatic nitrogens is 2. The summed E-state index contributed by atoms with van der Waals surface area (Å²) in [7, 11) is 0. The van der Waals surface area contributed by atoms with Gasteiger partial charge in [-0.1, -0.05) is 42.0 Å². The zero-order chi connectivity index (χ0) is 22.6. The van der Waals surface area contributed by atoms with E-state index >= 15 is 0 Å². The number of nitrogens with zero attached hydrogens (tertiary/aromatic N) is 1. The zero-order valence-corrected chi connectivity index (χ0v) is 19.2. The van der Waals surface area contributed by atoms with Gasteiger partial charge in [-0.25, -0.2) is 0 Å². The van der Waals surface area contributed by atoms with Crippen molar-refractivity contribution in [1.82, 2.24) is 9.55 Å². The van der Waals surface area contributed by atoms with Gasteiger partial charge in [-0.05, 0) is 57.4 Å². The van der Waals surface area contributed by atoms with Crippen LogP contribution in [-0.4, -0.2) is 22.1 Å². The molecule has 3 heterocycles. The lowest BCUT2D eigenvalue weighted by atomic mass is 9.81. The van der Waals surface area contributed by atoms with Crippen LogP contribution in [0.3, 0.4) is 0 Å². The third-order valence-corrected chi connectivity index (χ3v) is 7.04. The minimum Gasteiger partial charge on any atom is -0.466 e. The summed E-state index contributed by atoms with van der Waals surface area (Å²) in [5.41, 5.74) is 8.11. The van der Waals surface area contributed by atoms with Gasteiger partial charge in [0.05, 0.1) is 18.6 Å². The second-order valence-corrected chi connectivity index (χ2v) is 9.10. The number of nitrogens with one attached hydrogen (secondary N) is 1. The smallest absolute Gasteiger partial charge is 0.312 e. The van der Waals surface area contributed by atoms with Crippen LogP contribution < -0.4 is 0 Å². The number of esters is 1. The number of carbonyl (C=O) groups is 1. The highest BCUT2D eigenvalue weighted by molar-refractivity contribution is 5.90. The predicted molar refractivity (Wildman–Crippen MR) is 130 cm³/mol. The van der Waals surface area contributed by atoms with Crippen molar-refractivity contribution < 1.29 is 9.53 Å². The molecule has 3 atom stereocenters. The summed E-state index contributed by atoms with van der Waals surface area (Å²) in [6.45, 7) is 12.8. The van der Waals surface area contributed by atoms with Crippen LogP contribution in [0.5, 0.6) is 0 Å². The summed E-state index contributed by atoms with van der Waals surface area (Å²) < 4.78 is 8.06. The molecule has 0 unspecified atom stereocenters. The fourth-order valence-electron chi connectivity index (χ4n) is 5.79. The van der Waals surface area contributed by atoms with Gasteiger partial charge < -0.3 is 14.3 Å². The van der Waals surface area contributed by atoms with Crippen molar-refractivity contribution >= 4 is 27.8 Å². The molecule has 164 valence electrons. The Labute approximate surface area is 188 Å². The number of rotatable bonds is 5. The Balaban J connectivity index is 1.83. The fourth-order valence-corrected chi connectivity index (χ4v) is 5.79. The van der Waals surface area contributed by atoms with Crippen LogP contribution >= 0.6 is 0 Å². The second kappa shape index (κ2) is 7.70. The van der Waals surface area contributed by atoms with Gasteiger partial charge in [-0.3, -0.25) is 4.79 Å². The van der Waals surface area contributed by atoms with Gasteiger partial charge in [0.25, 0.3) is 0 Å². The maximum absolute atomic E-state index is 13.5. The lowest BCUT2D eigenvalue weighted by Gasteiger charge is -2.25. The number of ether oxygens (including phenoxy) is 1. The minimum absolute atomic E-state index is 0.0229. The van der Waals surface area contributed by atoms with Crippen molar-refractivity contribution in [1.29, 1.82) is 0 Å². The summed E-state index contributed by atoms with van der Waals surface area (Å²) in [6, 6.07) is 16.7. The quantitative estimate of drug-likeness (QED) is 0.290. The van der Waals surface area contributed by atoms with E-state index in [1.807, 2.05) is 19.9 Å². The Morgan fingerprint density at radius 2 is 1.75 bits per heavy atom. The SMILES string of the molecule is C=C(C)C[C@H]1c2c(C)c3ccccc3n2[C@@H](c2[nH]c3ccccc3c2C)[C@@H]1C(=O)OCC. The summed E-state index contributed by atoms with van der Waals surface area (Å²) in [5.74, 6) is -0.416. The normalized spacial score (nSPS) is 20.1. The highest BCUT2D eigenvalue weighted by atomic mass is 16.5. The first kappa shape index (κ1) is 20.6. The molecular weight excluding hydrogens is 396 g/mol. The van der Waals surface area contributed by atoms with Gasteiger partial charge in [-0.15, -0.1) is 6.58 Å². The first-order valence-corrected chi connectivity index (χ1v) is 11.4. The lowest BCUT2D eigenvalue weighted by Crippen LogP contribution is -2.28. The molecule has 4 heteroatoms. The average molecular weight is 427 g/mol. The fraction of sp³-hybridized carbons (Fsp3) is 0.321. The summed E-state index contributed by atoms with van der Waals surface area (Å²) in [6.07, 6.45) is 0.760. The number of H-pyrrole nitrogens is 1. The third-order valence-electron chi connectivity index (χ3n) is 7.04. The monoisotopic (exact) mass is 426 g/mol. The number of para-hydroxylation sites is 2. The Kier molecular flexibility index (Phi) is 4.96. The molecule has 4 nitrogen and oxygen atoms in total. The number of allylic oxidation sites excluding steroid dienone is 1. The Bertz CT molecular complexity index is 1360. The molecule has 4 aromatic rings. The number of carbonyl (C=O) groups excluding carboxylic acids is 1. The van der Waals surface area contributed by atoms with Gasteiger partial charge in [0.15, 0.2) is 0 Å². The molecule has 1 aliphatic heterocycles. The van der Waals surface area contributed by atoms with E-state index < -0.39 is 0 Å². The average Bonchev–Trinajstić information content (AvgIpc) is 3.37. The van der Waals surface area contributed by atoms with Crippen molar-refractivity contribution in [2.45, 2.75) is 46.1 Å². The number of benzene rings is 2. The summed E-state index contributed by atoms with van der Waals surface area (Å²) in [4.78, 5) is 17.2. The summed E-state index contributed by atoms with van der Waals surface area (Å²) >= 11 is 0. The van der Waals surface area contributed by atoms with Gasteiger partial charge in [-0.2, -0.15) is 0 Å². The molecule has 1 N–H and O–H groups in total. The molecule has 32 heavy (non-hydrogen) atoms. The lowest BCUT2D eigenvalue weighted by molar-refractivity contribution is -0.149. The summed E-state index contributed by atoms with van der Waals surface area (Å²) in [5, 5.41) is 2.44. The van der Waals surface area contributed by atoms with Crippen LogP contribution in [0, 0.1) is 19.8 Å². The Hall–Kier alpha value is -3.27. The second-order valence-electron chi connectivity index (χ2n) is 9.10. The molecule has 0 saturated heterocycles. The van der Waals surface area contributed by atoms with E-state index in [2.05, 4.69) is 72.4 Å². The molecular formula is C28H30N2O2. The van der Waals surface area contributed by atoms with E-state index in [0.717, 1.165) is 23.2 Å². The van der Waals surface area contributed by atoms with E-state index in [1.54, 1.807) is 0 Å². The molecule has 0 fully saturated rings. The van der Waals surface area contributed by atoms with E-state index in [9.17, 15) is 4.79 Å². The number of aromatic amines is 1. The standard InChI is InChI=1S/C28H30N2O2/c1-6-32-28(31)24-21(15-16(2)3)26-18(5)20-12-8-10-14-23(20)30(26)27(24)25-17(4)19-11-7-9-13-22(19)29-25/h7-14,21,24,27,29H,2,6,15H2,1,3-5H3/t21-,24-,27-/m1/s1. The Morgan fingerprint density at radius 1 is 1.06 bits per heavy atom. The molecule has 2 aromatic carbocycles. The molecule has 0 saturated carbocycles. The molecule has 0 amide bonds. The van der Waals surface area contributed by atoms with E-state index in [0.29, 0.717) is 6.61 Å². The number of hydrogen-bond donors (Lipinski definition) is 1. The molecule has 1 aliphatic rings. The molecule has 5 rings (SSSR count). The molecule has 0 bridgehead atoms. The predicted octanol–water partition coefficient (Wildman–Crippen LogP) is 6.57. The van der Waals surface area contributed by atoms with Crippen LogP contribution in [0.2, 0.25) is 0 Å². The number of aryl methyl sites for hydroxylation is 2. The van der Waals surface area contributed by atoms with Crippen molar-refractivity contribution in [3.8, 4) is 0 Å². The Morgan fingerprint density at radius 3 is 2.44 bits per heavy atom. The first-order chi connectivity index (χ1) is 15.4. The minimum atomic E-state index is -0.309. The van der Waals surface area contributed by atoms with Crippen LogP contribution in [0.15, 0.2) is 60.7 Å². The van der Waals surface area contributed by atoms with Crippen molar-refractivity contribution in [3.05, 3.63) is 83.2 Å². The van der Waals surface area contributed by atoms with Gasteiger partial charge in [0.1, 0.15) is 0 Å². The molecule has 0 radical (unpaired) electrons. The molecule has 0 aliphatic carbocycles. The molecule has 2 aromatic heterocycles. The van der Waals surface area contributed by atoms with Crippen LogP contribution in [0.25, 0.3) is 21.8 Å². The van der Waals surface area contributed by atoms with Crippen molar-refractivity contribution in [3.63, 3.8) is 0 Å². The van der Waals surface area contributed by atoms with E-state index in [1.165, 1.54) is 33.1 Å². The zero-order valence-electron chi connectivity index (χ0n) is 19.2. The van der Waals surface area contributed by atoms with Gasteiger partial charge in [0, 0.05) is 39.1 Å². The number of fused-ring (bicyclic) bond motifs is 4. The largest absolute Gasteiger partial charge is 0.466 e.